The molecule has 6 rings (SSSR count). The number of hydrogen-bond donors (Lipinski definition) is 5. The summed E-state index contributed by atoms with van der Waals surface area (Å²) < 4.78 is 0. The van der Waals surface area contributed by atoms with Gasteiger partial charge in [0, 0.05) is 22.1 Å². The molecule has 2 aromatic carbocycles. The van der Waals surface area contributed by atoms with E-state index in [1.807, 2.05) is 18.2 Å². The molecule has 38 heavy (non-hydrogen) atoms. The smallest absolute Gasteiger partial charge is 0.329 e. The van der Waals surface area contributed by atoms with Crippen molar-refractivity contribution in [2.24, 2.45) is 0 Å². The standard InChI is InChI=1S/C11H7ClN6O2.C11H9ClN6/c12-11-13-5-9(18(19)20)10(16-11)15-7-1-2-8-6(3-7)4-14-17-8;12-11-14-5-8(13)10(17-11)16-7-1-2-9-6(3-7)4-15-18-9/h1-5H,(H,14,17)(H,13,15,16);1-5H,13H2,(H,15,18)(H,14,16,17). The lowest BCUT2D eigenvalue weighted by Crippen LogP contribution is -2.01. The zero-order valence-corrected chi connectivity index (χ0v) is 20.6. The van der Waals surface area contributed by atoms with Crippen molar-refractivity contribution in [3.8, 4) is 0 Å². The second kappa shape index (κ2) is 10.5. The Morgan fingerprint density at radius 3 is 1.89 bits per heavy atom. The molecule has 6 aromatic rings. The average molecular weight is 551 g/mol. The summed E-state index contributed by atoms with van der Waals surface area (Å²) in [7, 11) is 0. The minimum Gasteiger partial charge on any atom is -0.394 e. The lowest BCUT2D eigenvalue weighted by molar-refractivity contribution is -0.384. The molecular weight excluding hydrogens is 535 g/mol. The van der Waals surface area contributed by atoms with Crippen LogP contribution in [0.5, 0.6) is 0 Å². The molecule has 16 heteroatoms. The summed E-state index contributed by atoms with van der Waals surface area (Å²) in [5, 5.41) is 32.4. The third kappa shape index (κ3) is 5.50. The number of rotatable bonds is 5. The number of aromatic nitrogens is 8. The zero-order valence-electron chi connectivity index (χ0n) is 19.1. The average Bonchev–Trinajstić information content (AvgIpc) is 3.55. The van der Waals surface area contributed by atoms with E-state index in [-0.39, 0.29) is 22.1 Å². The largest absolute Gasteiger partial charge is 0.394 e. The summed E-state index contributed by atoms with van der Waals surface area (Å²) in [6.45, 7) is 0. The van der Waals surface area contributed by atoms with Gasteiger partial charge in [-0.1, -0.05) is 0 Å². The van der Waals surface area contributed by atoms with Gasteiger partial charge < -0.3 is 16.4 Å². The molecule has 0 aliphatic carbocycles. The third-order valence-electron chi connectivity index (χ3n) is 5.13. The molecule has 190 valence electrons. The summed E-state index contributed by atoms with van der Waals surface area (Å²) in [5.41, 5.74) is 9.28. The van der Waals surface area contributed by atoms with Crippen molar-refractivity contribution in [1.82, 2.24) is 40.3 Å². The molecule has 0 aliphatic rings. The molecule has 0 bridgehead atoms. The minimum absolute atomic E-state index is 0.0397. The number of aromatic amines is 2. The van der Waals surface area contributed by atoms with Gasteiger partial charge in [0.25, 0.3) is 0 Å². The van der Waals surface area contributed by atoms with Crippen LogP contribution in [0.3, 0.4) is 0 Å². The molecule has 14 nitrogen and oxygen atoms in total. The van der Waals surface area contributed by atoms with Gasteiger partial charge in [0.05, 0.1) is 40.2 Å². The van der Waals surface area contributed by atoms with Crippen LogP contribution < -0.4 is 16.4 Å². The summed E-state index contributed by atoms with van der Waals surface area (Å²) in [5.74, 6) is 0.524. The Hall–Kier alpha value is -5.08. The fourth-order valence-corrected chi connectivity index (χ4v) is 3.63. The molecule has 0 saturated heterocycles. The predicted octanol–water partition coefficient (Wildman–Crippen LogP) is 4.99. The van der Waals surface area contributed by atoms with Crippen molar-refractivity contribution in [1.29, 1.82) is 0 Å². The van der Waals surface area contributed by atoms with E-state index in [9.17, 15) is 10.1 Å². The molecule has 0 radical (unpaired) electrons. The van der Waals surface area contributed by atoms with Crippen LogP contribution >= 0.6 is 23.2 Å². The summed E-state index contributed by atoms with van der Waals surface area (Å²) in [4.78, 5) is 25.6. The summed E-state index contributed by atoms with van der Waals surface area (Å²) in [6.07, 6.45) is 5.93. The quantitative estimate of drug-likeness (QED) is 0.110. The van der Waals surface area contributed by atoms with E-state index < -0.39 is 4.92 Å². The van der Waals surface area contributed by atoms with Crippen LogP contribution in [0.15, 0.2) is 61.2 Å². The number of anilines is 5. The molecule has 0 fully saturated rings. The van der Waals surface area contributed by atoms with E-state index in [4.69, 9.17) is 28.9 Å². The van der Waals surface area contributed by atoms with E-state index in [0.717, 1.165) is 33.7 Å². The number of benzene rings is 2. The predicted molar refractivity (Wildman–Crippen MR) is 144 cm³/mol. The first-order valence-corrected chi connectivity index (χ1v) is 11.5. The highest BCUT2D eigenvalue weighted by molar-refractivity contribution is 6.28. The number of halogens is 2. The normalized spacial score (nSPS) is 10.7. The minimum atomic E-state index is -0.574. The number of nitrogens with zero attached hydrogens (tertiary/aromatic N) is 7. The first-order valence-electron chi connectivity index (χ1n) is 10.7. The van der Waals surface area contributed by atoms with E-state index in [2.05, 4.69) is 51.0 Å². The monoisotopic (exact) mass is 550 g/mol. The van der Waals surface area contributed by atoms with Crippen molar-refractivity contribution in [2.75, 3.05) is 16.4 Å². The number of nitrogens with two attached hydrogens (primary N) is 1. The van der Waals surface area contributed by atoms with Crippen molar-refractivity contribution in [3.63, 3.8) is 0 Å². The molecule has 0 saturated carbocycles. The van der Waals surface area contributed by atoms with E-state index in [1.165, 1.54) is 6.20 Å². The van der Waals surface area contributed by atoms with E-state index in [0.29, 0.717) is 17.2 Å². The molecule has 6 N–H and O–H groups in total. The van der Waals surface area contributed by atoms with E-state index in [1.54, 1.807) is 30.6 Å². The van der Waals surface area contributed by atoms with Gasteiger partial charge in [0.2, 0.25) is 16.4 Å². The molecule has 0 aliphatic heterocycles. The number of H-pyrrole nitrogens is 2. The van der Waals surface area contributed by atoms with Crippen LogP contribution in [0, 0.1) is 10.1 Å². The van der Waals surface area contributed by atoms with Gasteiger partial charge >= 0.3 is 5.69 Å². The number of nitro groups is 1. The Labute approximate surface area is 222 Å². The highest BCUT2D eigenvalue weighted by Crippen LogP contribution is 2.27. The molecule has 4 heterocycles. The molecule has 0 unspecified atom stereocenters. The Kier molecular flexibility index (Phi) is 6.80. The topological polar surface area (TPSA) is 202 Å². The molecule has 0 spiro atoms. The lowest BCUT2D eigenvalue weighted by Gasteiger charge is -2.07. The van der Waals surface area contributed by atoms with Crippen LogP contribution in [0.1, 0.15) is 0 Å². The zero-order chi connectivity index (χ0) is 26.6. The van der Waals surface area contributed by atoms with Crippen LogP contribution in [0.2, 0.25) is 10.6 Å². The Morgan fingerprint density at radius 1 is 0.789 bits per heavy atom. The first-order chi connectivity index (χ1) is 18.4. The highest BCUT2D eigenvalue weighted by Gasteiger charge is 2.17. The first kappa shape index (κ1) is 24.6. The van der Waals surface area contributed by atoms with Gasteiger partial charge in [-0.3, -0.25) is 20.3 Å². The van der Waals surface area contributed by atoms with Gasteiger partial charge in [-0.15, -0.1) is 0 Å². The molecular formula is C22H16Cl2N12O2. The number of nitrogen functional groups attached to an aromatic ring is 1. The highest BCUT2D eigenvalue weighted by atomic mass is 35.5. The maximum atomic E-state index is 10.9. The Balaban J connectivity index is 0.000000156. The second-order valence-electron chi connectivity index (χ2n) is 7.67. The fraction of sp³-hybridized carbons (Fsp3) is 0. The maximum Gasteiger partial charge on any atom is 0.329 e. The van der Waals surface area contributed by atoms with Gasteiger partial charge in [0.1, 0.15) is 6.20 Å². The molecule has 0 atom stereocenters. The Morgan fingerprint density at radius 2 is 1.32 bits per heavy atom. The van der Waals surface area contributed by atoms with Gasteiger partial charge in [-0.05, 0) is 59.6 Å². The van der Waals surface area contributed by atoms with Crippen molar-refractivity contribution in [3.05, 3.63) is 81.9 Å². The van der Waals surface area contributed by atoms with Crippen LogP contribution in [-0.2, 0) is 0 Å². The van der Waals surface area contributed by atoms with Crippen molar-refractivity contribution < 1.29 is 4.92 Å². The SMILES string of the molecule is Nc1cnc(Cl)nc1Nc1ccc2[nH]ncc2c1.O=[N+]([O-])c1cnc(Cl)nc1Nc1ccc2[nH]ncc2c1. The number of hydrogen-bond acceptors (Lipinski definition) is 11. The van der Waals surface area contributed by atoms with E-state index >= 15 is 0 Å². The lowest BCUT2D eigenvalue weighted by atomic mass is 10.2. The van der Waals surface area contributed by atoms with Gasteiger partial charge in [-0.25, -0.2) is 9.97 Å². The fourth-order valence-electron chi connectivity index (χ4n) is 3.36. The van der Waals surface area contributed by atoms with Crippen LogP contribution in [-0.4, -0.2) is 45.3 Å². The second-order valence-corrected chi connectivity index (χ2v) is 8.34. The Bertz CT molecular complexity index is 1770. The maximum absolute atomic E-state index is 10.9. The number of fused-ring (bicyclic) bond motifs is 2. The van der Waals surface area contributed by atoms with Gasteiger partial charge in [-0.2, -0.15) is 20.2 Å². The molecule has 0 amide bonds. The molecule has 4 aromatic heterocycles. The van der Waals surface area contributed by atoms with Gasteiger partial charge in [0.15, 0.2) is 5.82 Å². The number of nitrogens with one attached hydrogen (secondary N) is 4. The summed E-state index contributed by atoms with van der Waals surface area (Å²) >= 11 is 11.4. The van der Waals surface area contributed by atoms with Crippen LogP contribution in [0.25, 0.3) is 21.8 Å². The van der Waals surface area contributed by atoms with Crippen LogP contribution in [0.4, 0.5) is 34.4 Å². The van der Waals surface area contributed by atoms with Crippen molar-refractivity contribution in [2.45, 2.75) is 0 Å². The third-order valence-corrected chi connectivity index (χ3v) is 5.49. The summed E-state index contributed by atoms with van der Waals surface area (Å²) in [6, 6.07) is 11.1. The van der Waals surface area contributed by atoms with Crippen molar-refractivity contribution >= 4 is 79.4 Å².